The van der Waals surface area contributed by atoms with Crippen molar-refractivity contribution >= 4 is 33.3 Å². The Bertz CT molecular complexity index is 648. The standard InChI is InChI=1S/C18H26BrN5O2/c1-22-5-2-6-23(10-9-22)17(25)11-14-3-7-24(8-4-14)18-16(21-26)12-15(19)13-20-18/h12-14H,2-11H2,1H3. The molecule has 0 spiro atoms. The van der Waals surface area contributed by atoms with Crippen LogP contribution in [0.4, 0.5) is 11.5 Å². The fourth-order valence-electron chi connectivity index (χ4n) is 3.75. The first-order chi connectivity index (χ1) is 12.6. The van der Waals surface area contributed by atoms with Crippen LogP contribution in [0.1, 0.15) is 25.7 Å². The summed E-state index contributed by atoms with van der Waals surface area (Å²) in [5.41, 5.74) is 0.364. The second kappa shape index (κ2) is 8.90. The molecule has 2 fully saturated rings. The van der Waals surface area contributed by atoms with Crippen molar-refractivity contribution in [2.75, 3.05) is 51.2 Å². The van der Waals surface area contributed by atoms with Gasteiger partial charge in [0.2, 0.25) is 5.91 Å². The molecular formula is C18H26BrN5O2. The van der Waals surface area contributed by atoms with Crippen molar-refractivity contribution < 1.29 is 4.79 Å². The van der Waals surface area contributed by atoms with Crippen LogP contribution < -0.4 is 4.90 Å². The van der Waals surface area contributed by atoms with Gasteiger partial charge in [-0.25, -0.2) is 4.98 Å². The minimum absolute atomic E-state index is 0.288. The Morgan fingerprint density at radius 2 is 2.00 bits per heavy atom. The van der Waals surface area contributed by atoms with Gasteiger partial charge in [0, 0.05) is 49.8 Å². The van der Waals surface area contributed by atoms with Crippen molar-refractivity contribution in [3.8, 4) is 0 Å². The van der Waals surface area contributed by atoms with Gasteiger partial charge in [0.05, 0.1) is 0 Å². The van der Waals surface area contributed by atoms with Crippen molar-refractivity contribution in [2.45, 2.75) is 25.7 Å². The molecule has 142 valence electrons. The third kappa shape index (κ3) is 4.79. The van der Waals surface area contributed by atoms with Gasteiger partial charge in [-0.2, -0.15) is 0 Å². The molecule has 1 aromatic heterocycles. The van der Waals surface area contributed by atoms with E-state index in [0.717, 1.165) is 63.0 Å². The first-order valence-corrected chi connectivity index (χ1v) is 10.1. The van der Waals surface area contributed by atoms with Crippen LogP contribution in [-0.4, -0.2) is 67.0 Å². The topological polar surface area (TPSA) is 69.1 Å². The van der Waals surface area contributed by atoms with Crippen LogP contribution in [0.15, 0.2) is 21.9 Å². The number of hydrogen-bond donors (Lipinski definition) is 0. The van der Waals surface area contributed by atoms with E-state index in [1.165, 1.54) is 0 Å². The van der Waals surface area contributed by atoms with Gasteiger partial charge in [-0.05, 0) is 65.9 Å². The van der Waals surface area contributed by atoms with Gasteiger partial charge in [-0.3, -0.25) is 4.79 Å². The number of rotatable bonds is 4. The zero-order valence-corrected chi connectivity index (χ0v) is 16.8. The van der Waals surface area contributed by atoms with Gasteiger partial charge in [0.15, 0.2) is 11.5 Å². The fourth-order valence-corrected chi connectivity index (χ4v) is 4.07. The molecule has 0 saturated carbocycles. The first-order valence-electron chi connectivity index (χ1n) is 9.27. The van der Waals surface area contributed by atoms with E-state index in [1.54, 1.807) is 12.3 Å². The Morgan fingerprint density at radius 1 is 1.23 bits per heavy atom. The number of aromatic nitrogens is 1. The maximum absolute atomic E-state index is 12.6. The molecule has 0 unspecified atom stereocenters. The number of halogens is 1. The molecular weight excluding hydrogens is 398 g/mol. The van der Waals surface area contributed by atoms with Crippen molar-refractivity contribution in [3.05, 3.63) is 21.6 Å². The molecule has 3 heterocycles. The lowest BCUT2D eigenvalue weighted by atomic mass is 9.93. The Kier molecular flexibility index (Phi) is 6.58. The van der Waals surface area contributed by atoms with E-state index < -0.39 is 0 Å². The van der Waals surface area contributed by atoms with Gasteiger partial charge in [0.1, 0.15) is 0 Å². The summed E-state index contributed by atoms with van der Waals surface area (Å²) in [5, 5.41) is 3.10. The molecule has 0 N–H and O–H groups in total. The van der Waals surface area contributed by atoms with Crippen LogP contribution in [0, 0.1) is 10.8 Å². The zero-order valence-electron chi connectivity index (χ0n) is 15.2. The van der Waals surface area contributed by atoms with Crippen molar-refractivity contribution in [3.63, 3.8) is 0 Å². The summed E-state index contributed by atoms with van der Waals surface area (Å²) in [6.45, 7) is 5.34. The van der Waals surface area contributed by atoms with Crippen LogP contribution in [0.3, 0.4) is 0 Å². The minimum atomic E-state index is 0.288. The van der Waals surface area contributed by atoms with Crippen LogP contribution in [0.25, 0.3) is 0 Å². The number of carbonyl (C=O) groups excluding carboxylic acids is 1. The highest BCUT2D eigenvalue weighted by Gasteiger charge is 2.26. The van der Waals surface area contributed by atoms with Crippen LogP contribution in [0.5, 0.6) is 0 Å². The van der Waals surface area contributed by atoms with E-state index in [-0.39, 0.29) is 5.91 Å². The van der Waals surface area contributed by atoms with E-state index in [0.29, 0.717) is 23.8 Å². The number of hydrogen-bond acceptors (Lipinski definition) is 6. The SMILES string of the molecule is CN1CCCN(C(=O)CC2CCN(c3ncc(Br)cc3N=O)CC2)CC1. The summed E-state index contributed by atoms with van der Waals surface area (Å²) in [4.78, 5) is 34.5. The maximum Gasteiger partial charge on any atom is 0.222 e. The number of carbonyl (C=O) groups is 1. The molecule has 2 saturated heterocycles. The Hall–Kier alpha value is -1.54. The summed E-state index contributed by atoms with van der Waals surface area (Å²) in [7, 11) is 2.11. The average molecular weight is 424 g/mol. The smallest absolute Gasteiger partial charge is 0.222 e. The number of amides is 1. The minimum Gasteiger partial charge on any atom is -0.355 e. The van der Waals surface area contributed by atoms with Crippen LogP contribution >= 0.6 is 15.9 Å². The number of nitroso groups, excluding NO2 is 1. The van der Waals surface area contributed by atoms with E-state index in [1.807, 2.05) is 4.90 Å². The number of nitrogens with zero attached hydrogens (tertiary/aromatic N) is 5. The Labute approximate surface area is 162 Å². The van der Waals surface area contributed by atoms with Gasteiger partial charge in [0.25, 0.3) is 0 Å². The first kappa shape index (κ1) is 19.2. The van der Waals surface area contributed by atoms with E-state index in [2.05, 4.69) is 42.9 Å². The second-order valence-corrected chi connectivity index (χ2v) is 8.18. The summed E-state index contributed by atoms with van der Waals surface area (Å²) in [5.74, 6) is 1.34. The van der Waals surface area contributed by atoms with Crippen LogP contribution in [-0.2, 0) is 4.79 Å². The molecule has 0 atom stereocenters. The molecule has 26 heavy (non-hydrogen) atoms. The summed E-state index contributed by atoms with van der Waals surface area (Å²) in [6, 6.07) is 1.70. The largest absolute Gasteiger partial charge is 0.355 e. The van der Waals surface area contributed by atoms with Gasteiger partial charge < -0.3 is 14.7 Å². The molecule has 7 nitrogen and oxygen atoms in total. The highest BCUT2D eigenvalue weighted by molar-refractivity contribution is 9.10. The average Bonchev–Trinajstić information content (AvgIpc) is 2.87. The van der Waals surface area contributed by atoms with E-state index >= 15 is 0 Å². The predicted octanol–water partition coefficient (Wildman–Crippen LogP) is 3.01. The fraction of sp³-hybridized carbons (Fsp3) is 0.667. The zero-order chi connectivity index (χ0) is 18.5. The summed E-state index contributed by atoms with van der Waals surface area (Å²) in [6.07, 6.45) is 5.25. The van der Waals surface area contributed by atoms with E-state index in [4.69, 9.17) is 0 Å². The number of piperidine rings is 1. The van der Waals surface area contributed by atoms with Gasteiger partial charge >= 0.3 is 0 Å². The van der Waals surface area contributed by atoms with Crippen LogP contribution in [0.2, 0.25) is 0 Å². The molecule has 8 heteroatoms. The summed E-state index contributed by atoms with van der Waals surface area (Å²) >= 11 is 3.32. The molecule has 1 amide bonds. The number of likely N-dealkylation sites (N-methyl/N-ethyl adjacent to an activating group) is 1. The second-order valence-electron chi connectivity index (χ2n) is 7.26. The normalized spacial score (nSPS) is 20.1. The lowest BCUT2D eigenvalue weighted by Crippen LogP contribution is -2.39. The molecule has 2 aliphatic rings. The third-order valence-corrected chi connectivity index (χ3v) is 5.80. The Balaban J connectivity index is 1.52. The Morgan fingerprint density at radius 3 is 2.73 bits per heavy atom. The van der Waals surface area contributed by atoms with Crippen molar-refractivity contribution in [1.29, 1.82) is 0 Å². The predicted molar refractivity (Wildman–Crippen MR) is 106 cm³/mol. The van der Waals surface area contributed by atoms with Gasteiger partial charge in [-0.1, -0.05) is 0 Å². The molecule has 3 rings (SSSR count). The van der Waals surface area contributed by atoms with Gasteiger partial charge in [-0.15, -0.1) is 4.91 Å². The monoisotopic (exact) mass is 423 g/mol. The molecule has 0 bridgehead atoms. The molecule has 0 aromatic carbocycles. The maximum atomic E-state index is 12.6. The quantitative estimate of drug-likeness (QED) is 0.696. The van der Waals surface area contributed by atoms with E-state index in [9.17, 15) is 9.70 Å². The molecule has 0 radical (unpaired) electrons. The number of anilines is 1. The number of pyridine rings is 1. The lowest BCUT2D eigenvalue weighted by molar-refractivity contribution is -0.132. The molecule has 0 aliphatic carbocycles. The highest BCUT2D eigenvalue weighted by atomic mass is 79.9. The third-order valence-electron chi connectivity index (χ3n) is 5.36. The lowest BCUT2D eigenvalue weighted by Gasteiger charge is -2.33. The van der Waals surface area contributed by atoms with Crippen molar-refractivity contribution in [2.24, 2.45) is 11.1 Å². The molecule has 2 aliphatic heterocycles. The summed E-state index contributed by atoms with van der Waals surface area (Å²) < 4.78 is 0.749. The van der Waals surface area contributed by atoms with Crippen molar-refractivity contribution in [1.82, 2.24) is 14.8 Å². The molecule has 1 aromatic rings. The highest BCUT2D eigenvalue weighted by Crippen LogP contribution is 2.32.